The SMILES string of the molecule is CCOC(=O)C1=C(C)N(C)/C(=C2\SC(C(=O)OCC)=C(C)N2C)S1. The van der Waals surface area contributed by atoms with Gasteiger partial charge in [0.2, 0.25) is 0 Å². The van der Waals surface area contributed by atoms with Crippen LogP contribution in [0.15, 0.2) is 31.3 Å². The van der Waals surface area contributed by atoms with Gasteiger partial charge in [0.15, 0.2) is 0 Å². The Morgan fingerprint density at radius 2 is 1.17 bits per heavy atom. The summed E-state index contributed by atoms with van der Waals surface area (Å²) in [4.78, 5) is 29.3. The maximum absolute atomic E-state index is 12.1. The number of ether oxygens (including phenoxy) is 2. The van der Waals surface area contributed by atoms with Gasteiger partial charge in [-0.05, 0) is 27.7 Å². The van der Waals surface area contributed by atoms with Gasteiger partial charge >= 0.3 is 11.9 Å². The maximum Gasteiger partial charge on any atom is 0.346 e. The number of carbonyl (C=O) groups is 2. The lowest BCUT2D eigenvalue weighted by molar-refractivity contribution is -0.138. The van der Waals surface area contributed by atoms with E-state index in [9.17, 15) is 9.59 Å². The molecule has 8 heteroatoms. The first-order valence-corrected chi connectivity index (χ1v) is 9.30. The molecule has 0 aliphatic carbocycles. The van der Waals surface area contributed by atoms with Crippen molar-refractivity contribution < 1.29 is 19.1 Å². The Hall–Kier alpha value is -1.54. The number of nitrogens with zero attached hydrogens (tertiary/aromatic N) is 2. The van der Waals surface area contributed by atoms with Crippen molar-refractivity contribution in [2.45, 2.75) is 27.7 Å². The number of thioether (sulfide) groups is 2. The van der Waals surface area contributed by atoms with Crippen LogP contribution < -0.4 is 0 Å². The molecule has 0 aromatic carbocycles. The van der Waals surface area contributed by atoms with E-state index in [2.05, 4.69) is 0 Å². The van der Waals surface area contributed by atoms with Gasteiger partial charge in [-0.2, -0.15) is 0 Å². The minimum atomic E-state index is -0.316. The van der Waals surface area contributed by atoms with Crippen LogP contribution in [-0.2, 0) is 19.1 Å². The van der Waals surface area contributed by atoms with Gasteiger partial charge in [-0.15, -0.1) is 0 Å². The highest BCUT2D eigenvalue weighted by Crippen LogP contribution is 2.50. The molecule has 0 spiro atoms. The zero-order valence-electron chi connectivity index (χ0n) is 14.8. The quantitative estimate of drug-likeness (QED) is 0.700. The van der Waals surface area contributed by atoms with Crippen LogP contribution in [0.3, 0.4) is 0 Å². The zero-order chi connectivity index (χ0) is 18.0. The van der Waals surface area contributed by atoms with Crippen LogP contribution in [0.4, 0.5) is 0 Å². The number of rotatable bonds is 4. The van der Waals surface area contributed by atoms with Gasteiger partial charge in [0, 0.05) is 25.5 Å². The molecule has 2 aliphatic rings. The van der Waals surface area contributed by atoms with Gasteiger partial charge in [0.1, 0.15) is 19.9 Å². The van der Waals surface area contributed by atoms with Crippen molar-refractivity contribution in [1.82, 2.24) is 9.80 Å². The number of allylic oxidation sites excluding steroid dienone is 2. The second-order valence-corrected chi connectivity index (χ2v) is 7.20. The number of esters is 2. The molecule has 0 unspecified atom stereocenters. The molecule has 2 aliphatic heterocycles. The second-order valence-electron chi connectivity index (χ2n) is 5.20. The highest BCUT2D eigenvalue weighted by atomic mass is 32.2. The Balaban J connectivity index is 2.30. The third kappa shape index (κ3) is 3.30. The van der Waals surface area contributed by atoms with Gasteiger partial charge in [0.05, 0.1) is 13.2 Å². The highest BCUT2D eigenvalue weighted by Gasteiger charge is 2.36. The molecular weight excluding hydrogens is 348 g/mol. The van der Waals surface area contributed by atoms with Crippen LogP contribution in [0.1, 0.15) is 27.7 Å². The largest absolute Gasteiger partial charge is 0.462 e. The molecule has 24 heavy (non-hydrogen) atoms. The first-order chi connectivity index (χ1) is 11.3. The minimum absolute atomic E-state index is 0.316. The molecule has 0 saturated carbocycles. The van der Waals surface area contributed by atoms with E-state index in [0.717, 1.165) is 21.5 Å². The lowest BCUT2D eigenvalue weighted by Crippen LogP contribution is -2.17. The van der Waals surface area contributed by atoms with Crippen LogP contribution in [-0.4, -0.2) is 49.0 Å². The lowest BCUT2D eigenvalue weighted by atomic mass is 10.4. The molecule has 0 bridgehead atoms. The molecule has 6 nitrogen and oxygen atoms in total. The van der Waals surface area contributed by atoms with E-state index in [-0.39, 0.29) is 11.9 Å². The molecule has 0 radical (unpaired) electrons. The van der Waals surface area contributed by atoms with E-state index < -0.39 is 0 Å². The number of hydrogen-bond donors (Lipinski definition) is 0. The number of hydrogen-bond acceptors (Lipinski definition) is 8. The first-order valence-electron chi connectivity index (χ1n) is 7.66. The molecule has 2 heterocycles. The molecule has 0 atom stereocenters. The summed E-state index contributed by atoms with van der Waals surface area (Å²) in [5.41, 5.74) is 1.69. The Kier molecular flexibility index (Phi) is 5.92. The van der Waals surface area contributed by atoms with Crippen molar-refractivity contribution in [1.29, 1.82) is 0 Å². The molecule has 0 amide bonds. The predicted molar refractivity (Wildman–Crippen MR) is 96.4 cm³/mol. The van der Waals surface area contributed by atoms with Gasteiger partial charge in [-0.1, -0.05) is 23.5 Å². The summed E-state index contributed by atoms with van der Waals surface area (Å²) in [5.74, 6) is -0.633. The Bertz CT molecular complexity index is 611. The van der Waals surface area contributed by atoms with E-state index in [4.69, 9.17) is 9.47 Å². The van der Waals surface area contributed by atoms with Crippen LogP contribution in [0, 0.1) is 0 Å². The second kappa shape index (κ2) is 7.57. The summed E-state index contributed by atoms with van der Waals surface area (Å²) in [6, 6.07) is 0. The molecule has 0 aromatic heterocycles. The van der Waals surface area contributed by atoms with Crippen molar-refractivity contribution in [3.8, 4) is 0 Å². The fourth-order valence-electron chi connectivity index (χ4n) is 2.23. The maximum atomic E-state index is 12.1. The van der Waals surface area contributed by atoms with Crippen LogP contribution in [0.25, 0.3) is 0 Å². The molecule has 0 saturated heterocycles. The van der Waals surface area contributed by atoms with Crippen LogP contribution in [0.2, 0.25) is 0 Å². The molecule has 132 valence electrons. The van der Waals surface area contributed by atoms with Gasteiger partial charge in [-0.3, -0.25) is 0 Å². The summed E-state index contributed by atoms with van der Waals surface area (Å²) >= 11 is 2.75. The van der Waals surface area contributed by atoms with Crippen molar-refractivity contribution in [3.05, 3.63) is 31.3 Å². The molecular formula is C16H22N2O4S2. The summed E-state index contributed by atoms with van der Waals surface area (Å²) in [5, 5.41) is 1.81. The van der Waals surface area contributed by atoms with E-state index in [1.54, 1.807) is 13.8 Å². The normalized spacial score (nSPS) is 21.1. The lowest BCUT2D eigenvalue weighted by Gasteiger charge is -2.21. The van der Waals surface area contributed by atoms with Crippen LogP contribution in [0.5, 0.6) is 0 Å². The fourth-order valence-corrected chi connectivity index (χ4v) is 4.72. The topological polar surface area (TPSA) is 59.1 Å². The van der Waals surface area contributed by atoms with E-state index in [0.29, 0.717) is 23.0 Å². The fraction of sp³-hybridized carbons (Fsp3) is 0.500. The van der Waals surface area contributed by atoms with Gasteiger partial charge < -0.3 is 19.3 Å². The molecule has 2 rings (SSSR count). The Morgan fingerprint density at radius 1 is 0.833 bits per heavy atom. The molecule has 0 N–H and O–H groups in total. The minimum Gasteiger partial charge on any atom is -0.462 e. The van der Waals surface area contributed by atoms with Crippen molar-refractivity contribution >= 4 is 35.5 Å². The van der Waals surface area contributed by atoms with E-state index >= 15 is 0 Å². The summed E-state index contributed by atoms with van der Waals surface area (Å²) in [6.45, 7) is 8.03. The van der Waals surface area contributed by atoms with Crippen molar-refractivity contribution in [3.63, 3.8) is 0 Å². The summed E-state index contributed by atoms with van der Waals surface area (Å²) in [6.07, 6.45) is 0. The highest BCUT2D eigenvalue weighted by molar-refractivity contribution is 8.11. The molecule has 0 fully saturated rings. The summed E-state index contributed by atoms with van der Waals surface area (Å²) in [7, 11) is 3.81. The third-order valence-corrected chi connectivity index (χ3v) is 6.56. The van der Waals surface area contributed by atoms with Crippen LogP contribution >= 0.6 is 23.5 Å². The van der Waals surface area contributed by atoms with Gasteiger partial charge in [0.25, 0.3) is 0 Å². The van der Waals surface area contributed by atoms with E-state index in [1.165, 1.54) is 23.5 Å². The Morgan fingerprint density at radius 3 is 1.46 bits per heavy atom. The van der Waals surface area contributed by atoms with Gasteiger partial charge in [-0.25, -0.2) is 9.59 Å². The third-order valence-electron chi connectivity index (χ3n) is 3.77. The first kappa shape index (κ1) is 18.8. The monoisotopic (exact) mass is 370 g/mol. The van der Waals surface area contributed by atoms with Crippen molar-refractivity contribution in [2.24, 2.45) is 0 Å². The molecule has 0 aromatic rings. The zero-order valence-corrected chi connectivity index (χ0v) is 16.4. The average Bonchev–Trinajstić information content (AvgIpc) is 2.99. The van der Waals surface area contributed by atoms with E-state index in [1.807, 2.05) is 37.7 Å². The Labute approximate surface area is 150 Å². The smallest absolute Gasteiger partial charge is 0.346 e. The predicted octanol–water partition coefficient (Wildman–Crippen LogP) is 3.06. The number of carbonyl (C=O) groups excluding carboxylic acids is 2. The standard InChI is InChI=1S/C16H22N2O4S2/c1-7-21-15(19)11-9(3)17(5)13(23-11)14-18(6)10(4)12(24-14)16(20)22-8-2/h7-8H2,1-6H3/b14-13+. The summed E-state index contributed by atoms with van der Waals surface area (Å²) < 4.78 is 10.2. The average molecular weight is 370 g/mol. The van der Waals surface area contributed by atoms with Crippen molar-refractivity contribution in [2.75, 3.05) is 27.3 Å².